The number of methoxy groups -OCH3 is 1. The molecule has 2 bridgehead atoms. The van der Waals surface area contributed by atoms with E-state index in [4.69, 9.17) is 20.4 Å². The van der Waals surface area contributed by atoms with Gasteiger partial charge in [0.25, 0.3) is 5.91 Å². The van der Waals surface area contributed by atoms with E-state index in [0.29, 0.717) is 54.4 Å². The largest absolute Gasteiger partial charge is 0.494 e. The molecule has 1 saturated carbocycles. The van der Waals surface area contributed by atoms with Gasteiger partial charge in [-0.15, -0.1) is 0 Å². The molecule has 3 aliphatic rings. The molecule has 2 fully saturated rings. The summed E-state index contributed by atoms with van der Waals surface area (Å²) in [5.41, 5.74) is 11.7. The van der Waals surface area contributed by atoms with Crippen molar-refractivity contribution in [3.63, 3.8) is 0 Å². The van der Waals surface area contributed by atoms with Crippen LogP contribution in [-0.4, -0.2) is 72.0 Å². The average molecular weight is 593 g/mol. The molecule has 8 rings (SSSR count). The minimum absolute atomic E-state index is 0.0300. The van der Waals surface area contributed by atoms with Crippen LogP contribution < -0.4 is 10.5 Å². The SMILES string of the molecule is COc1cc(C(=O)N2C[C@H](N)[C@H]3C[C@H]32)cc2nc3n(c12)Cc1cccc(c1)[C@H](O)[C@H](O)CCCCn1c-3cc2cccnc21. The number of benzene rings is 2. The van der Waals surface area contributed by atoms with Crippen molar-refractivity contribution < 1.29 is 19.7 Å². The molecule has 2 aliphatic heterocycles. The molecule has 2 aromatic carbocycles. The maximum atomic E-state index is 13.7. The molecule has 1 saturated heterocycles. The number of piperidine rings is 1. The second-order valence-electron chi connectivity index (χ2n) is 12.5. The van der Waals surface area contributed by atoms with Gasteiger partial charge in [-0.3, -0.25) is 4.79 Å². The van der Waals surface area contributed by atoms with Gasteiger partial charge in [0, 0.05) is 48.9 Å². The number of imidazole rings is 1. The summed E-state index contributed by atoms with van der Waals surface area (Å²) in [6.45, 7) is 1.68. The van der Waals surface area contributed by atoms with Crippen molar-refractivity contribution in [2.24, 2.45) is 11.7 Å². The van der Waals surface area contributed by atoms with Crippen LogP contribution in [0.1, 0.15) is 53.3 Å². The van der Waals surface area contributed by atoms with Crippen LogP contribution in [0.5, 0.6) is 5.75 Å². The second-order valence-corrected chi connectivity index (χ2v) is 12.5. The average Bonchev–Trinajstić information content (AvgIpc) is 3.50. The van der Waals surface area contributed by atoms with Gasteiger partial charge in [-0.2, -0.15) is 0 Å². The van der Waals surface area contributed by atoms with Gasteiger partial charge in [0.15, 0.2) is 5.82 Å². The maximum absolute atomic E-state index is 13.7. The Balaban J connectivity index is 1.34. The van der Waals surface area contributed by atoms with E-state index in [1.807, 2.05) is 47.4 Å². The van der Waals surface area contributed by atoms with Crippen LogP contribution >= 0.6 is 0 Å². The van der Waals surface area contributed by atoms with Gasteiger partial charge in [0.2, 0.25) is 0 Å². The molecule has 3 aromatic heterocycles. The third kappa shape index (κ3) is 4.39. The van der Waals surface area contributed by atoms with Crippen LogP contribution in [0.25, 0.3) is 33.6 Å². The Kier molecular flexibility index (Phi) is 6.48. The van der Waals surface area contributed by atoms with Crippen LogP contribution in [-0.2, 0) is 13.1 Å². The van der Waals surface area contributed by atoms with Crippen molar-refractivity contribution in [2.75, 3.05) is 13.7 Å². The highest BCUT2D eigenvalue weighted by Gasteiger charge is 2.53. The van der Waals surface area contributed by atoms with Crippen LogP contribution in [0.15, 0.2) is 60.8 Å². The van der Waals surface area contributed by atoms with Gasteiger partial charge in [0.05, 0.1) is 24.4 Å². The molecular formula is C34H36N6O4. The number of carbonyl (C=O) groups is 1. The molecule has 0 radical (unpaired) electrons. The summed E-state index contributed by atoms with van der Waals surface area (Å²) in [6.07, 6.45) is 2.95. The number of ether oxygens (including phenoxy) is 1. The quantitative estimate of drug-likeness (QED) is 0.284. The predicted molar refractivity (Wildman–Crippen MR) is 166 cm³/mol. The van der Waals surface area contributed by atoms with Gasteiger partial charge >= 0.3 is 0 Å². The first-order valence-corrected chi connectivity index (χ1v) is 15.5. The molecule has 5 aromatic rings. The first kappa shape index (κ1) is 27.3. The number of nitrogens with zero attached hydrogens (tertiary/aromatic N) is 5. The molecule has 0 unspecified atom stereocenters. The Bertz CT molecular complexity index is 1910. The minimum atomic E-state index is -0.977. The van der Waals surface area contributed by atoms with E-state index >= 15 is 0 Å². The number of rotatable bonds is 2. The second kappa shape index (κ2) is 10.4. The summed E-state index contributed by atoms with van der Waals surface area (Å²) in [6, 6.07) is 17.8. The van der Waals surface area contributed by atoms with Crippen LogP contribution in [0.3, 0.4) is 0 Å². The molecule has 10 nitrogen and oxygen atoms in total. The summed E-state index contributed by atoms with van der Waals surface area (Å²) in [5.74, 6) is 1.67. The number of aliphatic hydroxyl groups excluding tert-OH is 2. The molecule has 1 amide bonds. The van der Waals surface area contributed by atoms with Gasteiger partial charge in [-0.1, -0.05) is 24.3 Å². The first-order valence-electron chi connectivity index (χ1n) is 15.5. The van der Waals surface area contributed by atoms with Crippen molar-refractivity contribution in [2.45, 2.75) is 63.1 Å². The number of aliphatic hydroxyl groups is 2. The van der Waals surface area contributed by atoms with Crippen molar-refractivity contribution in [3.8, 4) is 17.3 Å². The van der Waals surface area contributed by atoms with E-state index in [1.165, 1.54) is 0 Å². The van der Waals surface area contributed by atoms with Crippen molar-refractivity contribution in [1.29, 1.82) is 0 Å². The van der Waals surface area contributed by atoms with Crippen molar-refractivity contribution in [3.05, 3.63) is 77.5 Å². The molecule has 10 heteroatoms. The Morgan fingerprint density at radius 1 is 1.07 bits per heavy atom. The fraction of sp³-hybridized carbons (Fsp3) is 0.382. The molecule has 44 heavy (non-hydrogen) atoms. The number of pyridine rings is 1. The Labute approximate surface area is 254 Å². The smallest absolute Gasteiger partial charge is 0.254 e. The highest BCUT2D eigenvalue weighted by atomic mass is 16.5. The lowest BCUT2D eigenvalue weighted by Crippen LogP contribution is -2.36. The number of hydrogen-bond acceptors (Lipinski definition) is 7. The highest BCUT2D eigenvalue weighted by molar-refractivity contribution is 6.00. The van der Waals surface area contributed by atoms with E-state index in [1.54, 1.807) is 13.3 Å². The zero-order chi connectivity index (χ0) is 30.1. The van der Waals surface area contributed by atoms with Gasteiger partial charge in [-0.05, 0) is 73.1 Å². The number of carbonyl (C=O) groups excluding carboxylic acids is 1. The lowest BCUT2D eigenvalue weighted by Gasteiger charge is -2.21. The maximum Gasteiger partial charge on any atom is 0.254 e. The van der Waals surface area contributed by atoms with E-state index < -0.39 is 12.2 Å². The van der Waals surface area contributed by atoms with Crippen LogP contribution in [0, 0.1) is 5.92 Å². The number of hydrogen-bond donors (Lipinski definition) is 3. The van der Waals surface area contributed by atoms with E-state index in [2.05, 4.69) is 21.3 Å². The van der Waals surface area contributed by atoms with Crippen molar-refractivity contribution in [1.82, 2.24) is 24.0 Å². The summed E-state index contributed by atoms with van der Waals surface area (Å²) in [7, 11) is 1.62. The third-order valence-corrected chi connectivity index (χ3v) is 9.71. The fourth-order valence-corrected chi connectivity index (χ4v) is 7.33. The number of aryl methyl sites for hydroxylation is 1. The molecule has 5 atom stereocenters. The molecule has 1 aliphatic carbocycles. The number of amides is 1. The normalized spacial score (nSPS) is 24.9. The third-order valence-electron chi connectivity index (χ3n) is 9.71. The highest BCUT2D eigenvalue weighted by Crippen LogP contribution is 2.45. The monoisotopic (exact) mass is 592 g/mol. The van der Waals surface area contributed by atoms with E-state index in [0.717, 1.165) is 52.9 Å². The number of likely N-dealkylation sites (tertiary alicyclic amines) is 1. The molecule has 0 spiro atoms. The zero-order valence-corrected chi connectivity index (χ0v) is 24.6. The standard InChI is InChI=1S/C34H36N6O4/c1-44-29-15-22(34(43)39-18-24(35)23-16-26(23)39)13-25-30(29)40-17-19-6-4-7-20(12-19)31(42)28(41)9-2-3-11-38-27(33(40)37-25)14-21-8-5-10-36-32(21)38/h4-8,10,12-15,23-24,26,28,31,41-42H,2-3,9,11,16-18,35H2,1H3/t23-,24+,26-,28-,31+/m1/s1. The number of aromatic nitrogens is 4. The lowest BCUT2D eigenvalue weighted by molar-refractivity contribution is 0.0119. The number of nitrogens with two attached hydrogens (primary N) is 1. The summed E-state index contributed by atoms with van der Waals surface area (Å²) >= 11 is 0. The lowest BCUT2D eigenvalue weighted by atomic mass is 9.98. The molecule has 226 valence electrons. The zero-order valence-electron chi connectivity index (χ0n) is 24.6. The predicted octanol–water partition coefficient (Wildman–Crippen LogP) is 3.86. The summed E-state index contributed by atoms with van der Waals surface area (Å²) < 4.78 is 10.3. The topological polar surface area (TPSA) is 132 Å². The summed E-state index contributed by atoms with van der Waals surface area (Å²) in [4.78, 5) is 25.6. The number of fused-ring (bicyclic) bond motifs is 10. The van der Waals surface area contributed by atoms with Gasteiger partial charge in [-0.25, -0.2) is 9.97 Å². The van der Waals surface area contributed by atoms with Crippen molar-refractivity contribution >= 4 is 28.0 Å². The Hall–Kier alpha value is -4.25. The van der Waals surface area contributed by atoms with Gasteiger partial charge in [0.1, 0.15) is 23.0 Å². The Morgan fingerprint density at radius 3 is 2.75 bits per heavy atom. The molecule has 5 heterocycles. The fourth-order valence-electron chi connectivity index (χ4n) is 7.33. The molecule has 4 N–H and O–H groups in total. The minimum Gasteiger partial charge on any atom is -0.494 e. The first-order chi connectivity index (χ1) is 21.4. The summed E-state index contributed by atoms with van der Waals surface area (Å²) in [5, 5.41) is 22.8. The Morgan fingerprint density at radius 2 is 1.95 bits per heavy atom. The van der Waals surface area contributed by atoms with Crippen LogP contribution in [0.4, 0.5) is 0 Å². The molecular weight excluding hydrogens is 556 g/mol. The van der Waals surface area contributed by atoms with Gasteiger partial charge < -0.3 is 34.7 Å². The van der Waals surface area contributed by atoms with E-state index in [-0.39, 0.29) is 18.0 Å². The van der Waals surface area contributed by atoms with E-state index in [9.17, 15) is 15.0 Å². The van der Waals surface area contributed by atoms with Crippen LogP contribution in [0.2, 0.25) is 0 Å².